The number of aryl methyl sites for hydroxylation is 1. The van der Waals surface area contributed by atoms with Crippen LogP contribution in [0.2, 0.25) is 5.02 Å². The Kier molecular flexibility index (Phi) is 8.35. The van der Waals surface area contributed by atoms with Gasteiger partial charge in [0, 0.05) is 30.2 Å². The van der Waals surface area contributed by atoms with Crippen molar-refractivity contribution in [3.8, 4) is 5.75 Å². The van der Waals surface area contributed by atoms with Crippen LogP contribution in [0.25, 0.3) is 0 Å². The van der Waals surface area contributed by atoms with Crippen molar-refractivity contribution < 1.29 is 27.9 Å². The molecule has 39 heavy (non-hydrogen) atoms. The average Bonchev–Trinajstić information content (AvgIpc) is 2.88. The molecule has 0 saturated heterocycles. The number of aliphatic hydroxyl groups excluding tert-OH is 1. The monoisotopic (exact) mass is 575 g/mol. The van der Waals surface area contributed by atoms with Crippen molar-refractivity contribution in [3.63, 3.8) is 0 Å². The molecule has 2 aliphatic heterocycles. The van der Waals surface area contributed by atoms with E-state index in [0.29, 0.717) is 36.2 Å². The predicted molar refractivity (Wildman–Crippen MR) is 148 cm³/mol. The fourth-order valence-electron chi connectivity index (χ4n) is 5.68. The van der Waals surface area contributed by atoms with E-state index in [4.69, 9.17) is 16.3 Å². The SMILES string of the molecule is O=C1C[C@H](O)[C@@H]2CC[C@H]2CN2CCCCc3cc(Cl)ccc3COc3ccc(cc32)C(=O)NS(=O)(=O)CCN1. The highest BCUT2D eigenvalue weighted by atomic mass is 35.5. The van der Waals surface area contributed by atoms with Gasteiger partial charge in [-0.05, 0) is 85.4 Å². The molecule has 2 bridgehead atoms. The van der Waals surface area contributed by atoms with Crippen LogP contribution in [-0.4, -0.2) is 56.8 Å². The first-order chi connectivity index (χ1) is 18.7. The lowest BCUT2D eigenvalue weighted by Gasteiger charge is -2.43. The van der Waals surface area contributed by atoms with E-state index in [1.807, 2.05) is 18.2 Å². The first-order valence-electron chi connectivity index (χ1n) is 13.5. The summed E-state index contributed by atoms with van der Waals surface area (Å²) in [6, 6.07) is 10.8. The highest BCUT2D eigenvalue weighted by molar-refractivity contribution is 7.90. The molecule has 2 heterocycles. The van der Waals surface area contributed by atoms with Gasteiger partial charge in [-0.3, -0.25) is 9.59 Å². The Morgan fingerprint density at radius 1 is 1.05 bits per heavy atom. The quantitative estimate of drug-likeness (QED) is 0.441. The van der Waals surface area contributed by atoms with E-state index in [0.717, 1.165) is 43.2 Å². The number of carbonyl (C=O) groups excluding carboxylic acids is 2. The summed E-state index contributed by atoms with van der Waals surface area (Å²) in [6.07, 6.45) is 3.51. The zero-order valence-electron chi connectivity index (χ0n) is 21.7. The largest absolute Gasteiger partial charge is 0.487 e. The lowest BCUT2D eigenvalue weighted by molar-refractivity contribution is -0.124. The van der Waals surface area contributed by atoms with Crippen LogP contribution in [0.5, 0.6) is 5.75 Å². The van der Waals surface area contributed by atoms with Gasteiger partial charge in [-0.25, -0.2) is 13.1 Å². The Morgan fingerprint density at radius 3 is 2.69 bits per heavy atom. The fourth-order valence-corrected chi connectivity index (χ4v) is 6.75. The summed E-state index contributed by atoms with van der Waals surface area (Å²) in [5.41, 5.74) is 3.10. The number of nitrogens with one attached hydrogen (secondary N) is 2. The summed E-state index contributed by atoms with van der Waals surface area (Å²) < 4.78 is 33.5. The molecule has 2 aromatic carbocycles. The van der Waals surface area contributed by atoms with Crippen LogP contribution in [0.3, 0.4) is 0 Å². The number of fused-ring (bicyclic) bond motifs is 3. The van der Waals surface area contributed by atoms with Crippen LogP contribution in [0, 0.1) is 11.8 Å². The molecule has 1 saturated carbocycles. The number of halogens is 1. The molecule has 2 amide bonds. The standard InChI is InChI=1S/C28H34ClN3O6S/c29-22-7-4-21-17-38-26-9-6-19-14-24(26)32(11-2-1-3-18(21)13-22)16-20-5-8-23(20)25(33)15-27(34)30-10-12-39(36,37)31-28(19)35/h4,6-7,9,13-14,20,23,25,33H,1-3,5,8,10-12,15-17H2,(H,30,34)(H,31,35)/t20-,23+,25-/m0/s1. The number of aliphatic hydroxyl groups is 1. The molecule has 3 atom stereocenters. The van der Waals surface area contributed by atoms with Gasteiger partial charge in [0.25, 0.3) is 5.91 Å². The van der Waals surface area contributed by atoms with Gasteiger partial charge < -0.3 is 20.1 Å². The molecule has 1 aliphatic carbocycles. The summed E-state index contributed by atoms with van der Waals surface area (Å²) in [5.74, 6) is -0.856. The van der Waals surface area contributed by atoms with E-state index in [1.54, 1.807) is 18.2 Å². The van der Waals surface area contributed by atoms with Gasteiger partial charge in [0.1, 0.15) is 12.4 Å². The van der Waals surface area contributed by atoms with Gasteiger partial charge >= 0.3 is 0 Å². The van der Waals surface area contributed by atoms with Crippen LogP contribution >= 0.6 is 11.6 Å². The van der Waals surface area contributed by atoms with Gasteiger partial charge in [-0.1, -0.05) is 17.7 Å². The van der Waals surface area contributed by atoms with E-state index in [9.17, 15) is 23.1 Å². The summed E-state index contributed by atoms with van der Waals surface area (Å²) in [7, 11) is -3.99. The summed E-state index contributed by atoms with van der Waals surface area (Å²) >= 11 is 6.26. The molecule has 210 valence electrons. The van der Waals surface area contributed by atoms with Gasteiger partial charge in [-0.2, -0.15) is 0 Å². The number of hydrogen-bond donors (Lipinski definition) is 3. The highest BCUT2D eigenvalue weighted by Gasteiger charge is 2.38. The molecule has 9 nitrogen and oxygen atoms in total. The number of hydrogen-bond acceptors (Lipinski definition) is 7. The van der Waals surface area contributed by atoms with Crippen LogP contribution < -0.4 is 19.7 Å². The lowest BCUT2D eigenvalue weighted by Crippen LogP contribution is -2.45. The van der Waals surface area contributed by atoms with Crippen molar-refractivity contribution in [3.05, 3.63) is 58.1 Å². The summed E-state index contributed by atoms with van der Waals surface area (Å²) in [5, 5.41) is 14.1. The molecule has 3 N–H and O–H groups in total. The third-order valence-electron chi connectivity index (χ3n) is 8.00. The molecule has 0 aromatic heterocycles. The van der Waals surface area contributed by atoms with Crippen molar-refractivity contribution in [2.75, 3.05) is 30.3 Å². The van der Waals surface area contributed by atoms with Gasteiger partial charge in [0.2, 0.25) is 15.9 Å². The van der Waals surface area contributed by atoms with Crippen LogP contribution in [0.15, 0.2) is 36.4 Å². The molecule has 0 unspecified atom stereocenters. The number of benzene rings is 2. The number of amides is 2. The first kappa shape index (κ1) is 27.7. The molecule has 0 spiro atoms. The molecule has 5 rings (SSSR count). The van der Waals surface area contributed by atoms with Crippen molar-refractivity contribution in [2.24, 2.45) is 11.8 Å². The normalized spacial score (nSPS) is 25.9. The van der Waals surface area contributed by atoms with Crippen molar-refractivity contribution >= 4 is 39.1 Å². The number of sulfonamides is 1. The zero-order valence-corrected chi connectivity index (χ0v) is 23.3. The first-order valence-corrected chi connectivity index (χ1v) is 15.5. The minimum atomic E-state index is -3.99. The van der Waals surface area contributed by atoms with Crippen LogP contribution in [-0.2, 0) is 27.8 Å². The maximum Gasteiger partial charge on any atom is 0.264 e. The average molecular weight is 576 g/mol. The molecule has 2 aromatic rings. The minimum absolute atomic E-state index is 0.0344. The van der Waals surface area contributed by atoms with Crippen molar-refractivity contribution in [1.29, 1.82) is 0 Å². The third-order valence-corrected chi connectivity index (χ3v) is 9.47. The van der Waals surface area contributed by atoms with Gasteiger partial charge in [0.15, 0.2) is 0 Å². The smallest absolute Gasteiger partial charge is 0.264 e. The fraction of sp³-hybridized carbons (Fsp3) is 0.500. The molecule has 3 aliphatic rings. The van der Waals surface area contributed by atoms with Gasteiger partial charge in [0.05, 0.1) is 24.0 Å². The second kappa shape index (κ2) is 11.7. The van der Waals surface area contributed by atoms with Crippen molar-refractivity contribution in [2.45, 2.75) is 51.2 Å². The van der Waals surface area contributed by atoms with Crippen LogP contribution in [0.1, 0.15) is 53.6 Å². The van der Waals surface area contributed by atoms with E-state index in [2.05, 4.69) is 14.9 Å². The Morgan fingerprint density at radius 2 is 1.90 bits per heavy atom. The van der Waals surface area contributed by atoms with Crippen LogP contribution in [0.4, 0.5) is 5.69 Å². The Hall–Kier alpha value is -2.82. The maximum atomic E-state index is 13.0. The summed E-state index contributed by atoms with van der Waals surface area (Å²) in [6.45, 7) is 1.49. The second-order valence-electron chi connectivity index (χ2n) is 10.7. The molecule has 1 fully saturated rings. The number of ether oxygens (including phenoxy) is 1. The Labute approximate surface area is 233 Å². The number of carbonyl (C=O) groups is 2. The van der Waals surface area contributed by atoms with E-state index in [1.165, 1.54) is 0 Å². The molecule has 0 radical (unpaired) electrons. The molecular formula is C28H34ClN3O6S. The minimum Gasteiger partial charge on any atom is -0.487 e. The van der Waals surface area contributed by atoms with Gasteiger partial charge in [-0.15, -0.1) is 0 Å². The third kappa shape index (κ3) is 6.67. The highest BCUT2D eigenvalue weighted by Crippen LogP contribution is 2.41. The topological polar surface area (TPSA) is 125 Å². The number of anilines is 1. The lowest BCUT2D eigenvalue weighted by atomic mass is 9.69. The molecular weight excluding hydrogens is 542 g/mol. The predicted octanol–water partition coefficient (Wildman–Crippen LogP) is 3.03. The maximum absolute atomic E-state index is 13.0. The van der Waals surface area contributed by atoms with E-state index >= 15 is 0 Å². The summed E-state index contributed by atoms with van der Waals surface area (Å²) in [4.78, 5) is 27.5. The van der Waals surface area contributed by atoms with Crippen molar-refractivity contribution in [1.82, 2.24) is 10.0 Å². The molecule has 11 heteroatoms. The Balaban J connectivity index is 1.51. The number of nitrogens with zero attached hydrogens (tertiary/aromatic N) is 1. The van der Waals surface area contributed by atoms with E-state index < -0.39 is 33.7 Å². The number of rotatable bonds is 0. The Bertz CT molecular complexity index is 1350. The second-order valence-corrected chi connectivity index (χ2v) is 12.9. The van der Waals surface area contributed by atoms with E-state index in [-0.39, 0.29) is 30.4 Å². The zero-order chi connectivity index (χ0) is 27.6.